The van der Waals surface area contributed by atoms with E-state index in [0.29, 0.717) is 5.56 Å². The van der Waals surface area contributed by atoms with Gasteiger partial charge in [0.1, 0.15) is 6.07 Å². The van der Waals surface area contributed by atoms with E-state index in [1.807, 2.05) is 53.9 Å². The quantitative estimate of drug-likeness (QED) is 0.283. The zero-order chi connectivity index (χ0) is 23.9. The van der Waals surface area contributed by atoms with Crippen LogP contribution in [0.5, 0.6) is 0 Å². The highest BCUT2D eigenvalue weighted by molar-refractivity contribution is 7.14. The fourth-order valence-corrected chi connectivity index (χ4v) is 4.88. The lowest BCUT2D eigenvalue weighted by Gasteiger charge is -2.36. The third-order valence-corrected chi connectivity index (χ3v) is 6.80. The van der Waals surface area contributed by atoms with E-state index in [1.54, 1.807) is 6.21 Å². The highest BCUT2D eigenvalue weighted by Crippen LogP contribution is 2.25. The maximum atomic E-state index is 9.78. The molecule has 1 fully saturated rings. The van der Waals surface area contributed by atoms with E-state index < -0.39 is 0 Å². The Morgan fingerprint density at radius 1 is 0.971 bits per heavy atom. The van der Waals surface area contributed by atoms with E-state index in [4.69, 9.17) is 0 Å². The monoisotopic (exact) mass is 478 g/mol. The van der Waals surface area contributed by atoms with Gasteiger partial charge in [0, 0.05) is 43.7 Å². The van der Waals surface area contributed by atoms with Gasteiger partial charge < -0.3 is 4.90 Å². The summed E-state index contributed by atoms with van der Waals surface area (Å²) in [5.41, 5.74) is 8.88. The number of piperazine rings is 1. The van der Waals surface area contributed by atoms with Gasteiger partial charge in [-0.05, 0) is 23.3 Å². The zero-order valence-corrected chi connectivity index (χ0v) is 20.2. The maximum absolute atomic E-state index is 9.78. The van der Waals surface area contributed by atoms with Crippen LogP contribution in [0.25, 0.3) is 11.3 Å². The van der Waals surface area contributed by atoms with E-state index in [-0.39, 0.29) is 0 Å². The second kappa shape index (κ2) is 11.0. The van der Waals surface area contributed by atoms with Gasteiger partial charge in [-0.15, -0.1) is 11.3 Å². The number of anilines is 2. The third-order valence-electron chi connectivity index (χ3n) is 6.05. The highest BCUT2D eigenvalue weighted by atomic mass is 32.1. The van der Waals surface area contributed by atoms with Gasteiger partial charge in [-0.3, -0.25) is 10.3 Å². The Labute approximate surface area is 209 Å². The molecule has 0 amide bonds. The number of thiazole rings is 1. The molecule has 1 aliphatic heterocycles. The van der Waals surface area contributed by atoms with Crippen LogP contribution in [0.2, 0.25) is 0 Å². The molecule has 1 aromatic heterocycles. The molecule has 174 valence electrons. The largest absolute Gasteiger partial charge is 0.368 e. The van der Waals surface area contributed by atoms with Crippen molar-refractivity contribution in [2.45, 2.75) is 6.54 Å². The van der Waals surface area contributed by atoms with Crippen LogP contribution in [0.4, 0.5) is 10.8 Å². The van der Waals surface area contributed by atoms with Crippen molar-refractivity contribution in [3.63, 3.8) is 0 Å². The van der Waals surface area contributed by atoms with Gasteiger partial charge >= 0.3 is 0 Å². The summed E-state index contributed by atoms with van der Waals surface area (Å²) in [4.78, 5) is 9.35. The molecule has 0 radical (unpaired) electrons. The molecule has 1 saturated heterocycles. The number of hydrogen-bond acceptors (Lipinski definition) is 7. The Kier molecular flexibility index (Phi) is 7.13. The third kappa shape index (κ3) is 5.75. The van der Waals surface area contributed by atoms with Crippen molar-refractivity contribution in [1.82, 2.24) is 9.88 Å². The van der Waals surface area contributed by atoms with Crippen LogP contribution in [0.3, 0.4) is 0 Å². The van der Waals surface area contributed by atoms with Crippen LogP contribution < -0.4 is 10.3 Å². The Bertz CT molecular complexity index is 1320. The Hall–Kier alpha value is -3.99. The zero-order valence-electron chi connectivity index (χ0n) is 19.3. The molecule has 0 bridgehead atoms. The average Bonchev–Trinajstić information content (AvgIpc) is 3.39. The van der Waals surface area contributed by atoms with Gasteiger partial charge in [0.05, 0.1) is 23.2 Å². The minimum atomic E-state index is 0.672. The SMILES string of the molecule is N#Cc1cc(C=NNc2nc(-c3ccccc3)cs2)ccc1N1CCN(Cc2ccccc2)CC1. The van der Waals surface area contributed by atoms with E-state index in [2.05, 4.69) is 61.7 Å². The van der Waals surface area contributed by atoms with E-state index in [0.717, 1.165) is 60.4 Å². The van der Waals surface area contributed by atoms with Crippen molar-refractivity contribution >= 4 is 28.4 Å². The van der Waals surface area contributed by atoms with Crippen LogP contribution in [0.15, 0.2) is 89.3 Å². The smallest absolute Gasteiger partial charge is 0.203 e. The second-order valence-electron chi connectivity index (χ2n) is 8.41. The number of aromatic nitrogens is 1. The predicted molar refractivity (Wildman–Crippen MR) is 144 cm³/mol. The average molecular weight is 479 g/mol. The minimum Gasteiger partial charge on any atom is -0.368 e. The standard InChI is InChI=1S/C28H26N6S/c29-18-25-17-23(19-30-32-28-31-26(21-35-28)24-9-5-2-6-10-24)11-12-27(25)34-15-13-33(14-16-34)20-22-7-3-1-4-8-22/h1-12,17,19,21H,13-16,20H2,(H,31,32). The Balaban J connectivity index is 1.19. The number of rotatable bonds is 7. The summed E-state index contributed by atoms with van der Waals surface area (Å²) in [7, 11) is 0. The summed E-state index contributed by atoms with van der Waals surface area (Å²) in [5.74, 6) is 0. The number of nitrogens with one attached hydrogen (secondary N) is 1. The number of nitrogens with zero attached hydrogens (tertiary/aromatic N) is 5. The van der Waals surface area contributed by atoms with Crippen molar-refractivity contribution in [2.75, 3.05) is 36.5 Å². The lowest BCUT2D eigenvalue weighted by Crippen LogP contribution is -2.46. The van der Waals surface area contributed by atoms with E-state index >= 15 is 0 Å². The molecule has 1 N–H and O–H groups in total. The molecule has 35 heavy (non-hydrogen) atoms. The number of benzene rings is 3. The molecule has 3 aromatic carbocycles. The molecule has 0 aliphatic carbocycles. The normalized spacial score (nSPS) is 14.2. The fourth-order valence-electron chi connectivity index (χ4n) is 4.22. The van der Waals surface area contributed by atoms with Gasteiger partial charge in [-0.2, -0.15) is 10.4 Å². The molecule has 0 atom stereocenters. The summed E-state index contributed by atoms with van der Waals surface area (Å²) in [6.45, 7) is 4.74. The van der Waals surface area contributed by atoms with Crippen molar-refractivity contribution in [2.24, 2.45) is 5.10 Å². The first kappa shape index (κ1) is 22.8. The van der Waals surface area contributed by atoms with Crippen LogP contribution in [0, 0.1) is 11.3 Å². The maximum Gasteiger partial charge on any atom is 0.203 e. The van der Waals surface area contributed by atoms with Gasteiger partial charge in [0.15, 0.2) is 0 Å². The van der Waals surface area contributed by atoms with Gasteiger partial charge in [0.2, 0.25) is 5.13 Å². The molecule has 6 nitrogen and oxygen atoms in total. The first-order chi connectivity index (χ1) is 17.3. The predicted octanol–water partition coefficient (Wildman–Crippen LogP) is 5.45. The van der Waals surface area contributed by atoms with Crippen molar-refractivity contribution in [1.29, 1.82) is 5.26 Å². The molecule has 7 heteroatoms. The van der Waals surface area contributed by atoms with Crippen LogP contribution >= 0.6 is 11.3 Å². The molecular formula is C28H26N6S. The highest BCUT2D eigenvalue weighted by Gasteiger charge is 2.19. The summed E-state index contributed by atoms with van der Waals surface area (Å²) >= 11 is 1.51. The minimum absolute atomic E-state index is 0.672. The van der Waals surface area contributed by atoms with Crippen LogP contribution in [0.1, 0.15) is 16.7 Å². The fraction of sp³-hybridized carbons (Fsp3) is 0.179. The molecule has 1 aliphatic rings. The Morgan fingerprint density at radius 2 is 1.71 bits per heavy atom. The number of hydrogen-bond donors (Lipinski definition) is 1. The molecule has 2 heterocycles. The summed E-state index contributed by atoms with van der Waals surface area (Å²) in [5, 5.41) is 16.8. The van der Waals surface area contributed by atoms with Crippen molar-refractivity contribution < 1.29 is 0 Å². The van der Waals surface area contributed by atoms with Gasteiger partial charge in [0.25, 0.3) is 0 Å². The second-order valence-corrected chi connectivity index (χ2v) is 9.27. The summed E-state index contributed by atoms with van der Waals surface area (Å²) in [6.07, 6.45) is 1.73. The van der Waals surface area contributed by atoms with Crippen molar-refractivity contribution in [3.05, 3.63) is 101 Å². The first-order valence-electron chi connectivity index (χ1n) is 11.6. The van der Waals surface area contributed by atoms with Crippen LogP contribution in [-0.2, 0) is 6.54 Å². The lowest BCUT2D eigenvalue weighted by molar-refractivity contribution is 0.250. The van der Waals surface area contributed by atoms with Gasteiger partial charge in [-0.25, -0.2) is 4.98 Å². The molecule has 0 unspecified atom stereocenters. The first-order valence-corrected chi connectivity index (χ1v) is 12.5. The lowest BCUT2D eigenvalue weighted by atomic mass is 10.1. The van der Waals surface area contributed by atoms with Crippen molar-refractivity contribution in [3.8, 4) is 17.3 Å². The van der Waals surface area contributed by atoms with E-state index in [9.17, 15) is 5.26 Å². The Morgan fingerprint density at radius 3 is 2.46 bits per heavy atom. The van der Waals surface area contributed by atoms with Crippen LogP contribution in [-0.4, -0.2) is 42.3 Å². The molecular weight excluding hydrogens is 452 g/mol. The van der Waals surface area contributed by atoms with E-state index in [1.165, 1.54) is 16.9 Å². The molecule has 5 rings (SSSR count). The summed E-state index contributed by atoms with van der Waals surface area (Å²) < 4.78 is 0. The summed E-state index contributed by atoms with van der Waals surface area (Å²) in [6, 6.07) is 28.9. The molecule has 4 aromatic rings. The molecule has 0 saturated carbocycles. The number of nitriles is 1. The topological polar surface area (TPSA) is 67.5 Å². The van der Waals surface area contributed by atoms with Gasteiger partial charge in [-0.1, -0.05) is 66.7 Å². The number of hydrazone groups is 1. The molecule has 0 spiro atoms.